The molecule has 2 N–H and O–H groups in total. The summed E-state index contributed by atoms with van der Waals surface area (Å²) in [7, 11) is 1.57. The van der Waals surface area contributed by atoms with Gasteiger partial charge in [0.1, 0.15) is 12.9 Å². The lowest BCUT2D eigenvalue weighted by atomic mass is 10.2. The van der Waals surface area contributed by atoms with Gasteiger partial charge in [0.15, 0.2) is 11.5 Å². The number of halogens is 2. The molecule has 0 spiro atoms. The zero-order valence-corrected chi connectivity index (χ0v) is 16.2. The molecule has 0 aliphatic carbocycles. The average molecular weight is 411 g/mol. The fourth-order valence-electron chi connectivity index (χ4n) is 2.33. The van der Waals surface area contributed by atoms with Crippen LogP contribution in [0.15, 0.2) is 42.7 Å². The van der Waals surface area contributed by atoms with Crippen LogP contribution < -0.4 is 14.9 Å². The van der Waals surface area contributed by atoms with Crippen molar-refractivity contribution in [2.75, 3.05) is 12.5 Å². The van der Waals surface area contributed by atoms with Crippen LogP contribution in [0.5, 0.6) is 11.5 Å². The highest BCUT2D eigenvalue weighted by atomic mass is 35.5. The Kier molecular flexibility index (Phi) is 6.03. The Morgan fingerprint density at radius 2 is 2.08 bits per heavy atom. The number of ether oxygens (including phenoxy) is 2. The molecule has 0 aliphatic rings. The average Bonchev–Trinajstić information content (AvgIpc) is 3.03. The Bertz CT molecular complexity index is 958. The number of hydrogen-bond donors (Lipinski definition) is 2. The van der Waals surface area contributed by atoms with E-state index in [1.54, 1.807) is 18.1 Å². The van der Waals surface area contributed by atoms with Gasteiger partial charge in [-0.25, -0.2) is 4.68 Å². The quantitative estimate of drug-likeness (QED) is 0.558. The fourth-order valence-corrected chi connectivity index (χ4v) is 3.00. The number of hydrogen-bond acceptors (Lipinski definition) is 5. The maximum Gasteiger partial charge on any atom is 0.214 e. The van der Waals surface area contributed by atoms with Crippen LogP contribution in [0.4, 0.5) is 0 Å². The van der Waals surface area contributed by atoms with Crippen molar-refractivity contribution < 1.29 is 9.47 Å². The van der Waals surface area contributed by atoms with Gasteiger partial charge in [-0.05, 0) is 47.6 Å². The van der Waals surface area contributed by atoms with Crippen LogP contribution in [-0.2, 0) is 13.2 Å². The first kappa shape index (κ1) is 18.6. The van der Waals surface area contributed by atoms with Crippen molar-refractivity contribution in [3.63, 3.8) is 0 Å². The van der Waals surface area contributed by atoms with E-state index in [9.17, 15) is 0 Å². The molecule has 0 unspecified atom stereocenters. The number of benzene rings is 2. The number of methoxy groups -OCH3 is 1. The summed E-state index contributed by atoms with van der Waals surface area (Å²) in [4.78, 5) is 0. The summed E-state index contributed by atoms with van der Waals surface area (Å²) in [6.07, 6.45) is 1.56. The van der Waals surface area contributed by atoms with Gasteiger partial charge >= 0.3 is 0 Å². The van der Waals surface area contributed by atoms with Gasteiger partial charge in [0.2, 0.25) is 4.77 Å². The van der Waals surface area contributed by atoms with Crippen molar-refractivity contribution in [3.05, 3.63) is 68.7 Å². The summed E-state index contributed by atoms with van der Waals surface area (Å²) in [5.74, 6) is 1.03. The highest BCUT2D eigenvalue weighted by Crippen LogP contribution is 2.37. The summed E-state index contributed by atoms with van der Waals surface area (Å²) in [5, 5.41) is 7.63. The van der Waals surface area contributed by atoms with Gasteiger partial charge in [-0.3, -0.25) is 5.10 Å². The Morgan fingerprint density at radius 1 is 1.23 bits per heavy atom. The minimum absolute atomic E-state index is 0.332. The lowest BCUT2D eigenvalue weighted by molar-refractivity contribution is 0.284. The summed E-state index contributed by atoms with van der Waals surface area (Å²) in [5.41, 5.74) is 4.97. The Labute approximate surface area is 165 Å². The van der Waals surface area contributed by atoms with Gasteiger partial charge in [-0.2, -0.15) is 5.10 Å². The van der Waals surface area contributed by atoms with E-state index in [2.05, 4.69) is 15.6 Å². The van der Waals surface area contributed by atoms with Crippen LogP contribution in [-0.4, -0.2) is 22.0 Å². The largest absolute Gasteiger partial charge is 0.493 e. The van der Waals surface area contributed by atoms with E-state index < -0.39 is 0 Å². The molecule has 2 aromatic carbocycles. The van der Waals surface area contributed by atoms with E-state index in [-0.39, 0.29) is 0 Å². The van der Waals surface area contributed by atoms with Crippen molar-refractivity contribution in [2.45, 2.75) is 13.2 Å². The molecule has 3 rings (SSSR count). The number of H-pyrrole nitrogens is 1. The summed E-state index contributed by atoms with van der Waals surface area (Å²) in [6.45, 7) is 0.816. The standard InChI is InChI=1S/C17H16Cl2N4O2S/c1-24-15-7-12(8-21-23-10-20-22-17(23)26)6-14(19)16(15)25-9-11-3-2-4-13(18)5-11/h2-7,10,21H,8-9H2,1H3,(H,22,26). The van der Waals surface area contributed by atoms with Crippen LogP contribution in [0.25, 0.3) is 0 Å². The van der Waals surface area contributed by atoms with Crippen molar-refractivity contribution in [3.8, 4) is 11.5 Å². The van der Waals surface area contributed by atoms with E-state index >= 15 is 0 Å². The van der Waals surface area contributed by atoms with Crippen LogP contribution >= 0.6 is 35.4 Å². The lowest BCUT2D eigenvalue weighted by Crippen LogP contribution is -2.13. The topological polar surface area (TPSA) is 64.1 Å². The summed E-state index contributed by atoms with van der Waals surface area (Å²) >= 11 is 17.5. The second-order valence-corrected chi connectivity index (χ2v) is 6.62. The Balaban J connectivity index is 1.74. The second-order valence-electron chi connectivity index (χ2n) is 5.39. The molecule has 0 aliphatic heterocycles. The van der Waals surface area contributed by atoms with E-state index in [0.29, 0.717) is 39.5 Å². The Morgan fingerprint density at radius 3 is 2.77 bits per heavy atom. The third kappa shape index (κ3) is 4.49. The second kappa shape index (κ2) is 8.44. The molecule has 9 heteroatoms. The molecule has 0 fully saturated rings. The maximum absolute atomic E-state index is 6.40. The normalized spacial score (nSPS) is 10.6. The third-order valence-corrected chi connectivity index (χ3v) is 4.37. The smallest absolute Gasteiger partial charge is 0.214 e. The van der Waals surface area contributed by atoms with Crippen LogP contribution in [0.2, 0.25) is 10.0 Å². The van der Waals surface area contributed by atoms with Gasteiger partial charge in [-0.15, -0.1) is 0 Å². The minimum Gasteiger partial charge on any atom is -0.493 e. The van der Waals surface area contributed by atoms with Crippen molar-refractivity contribution >= 4 is 35.4 Å². The SMILES string of the molecule is COc1cc(CNn2cn[nH]c2=S)cc(Cl)c1OCc1cccc(Cl)c1. The van der Waals surface area contributed by atoms with Gasteiger partial charge in [0.05, 0.1) is 18.7 Å². The maximum atomic E-state index is 6.40. The predicted molar refractivity (Wildman–Crippen MR) is 104 cm³/mol. The zero-order chi connectivity index (χ0) is 18.5. The zero-order valence-electron chi connectivity index (χ0n) is 13.8. The van der Waals surface area contributed by atoms with E-state index in [1.165, 1.54) is 0 Å². The summed E-state index contributed by atoms with van der Waals surface area (Å²) < 4.78 is 13.4. The van der Waals surface area contributed by atoms with Gasteiger partial charge in [-0.1, -0.05) is 35.3 Å². The first-order valence-electron chi connectivity index (χ1n) is 7.66. The molecule has 136 valence electrons. The molecule has 1 aromatic heterocycles. The van der Waals surface area contributed by atoms with Crippen molar-refractivity contribution in [1.29, 1.82) is 0 Å². The molecule has 0 saturated carbocycles. The summed E-state index contributed by atoms with van der Waals surface area (Å²) in [6, 6.07) is 11.1. The van der Waals surface area contributed by atoms with Gasteiger partial charge in [0.25, 0.3) is 0 Å². The van der Waals surface area contributed by atoms with Crippen LogP contribution in [0, 0.1) is 4.77 Å². The van der Waals surface area contributed by atoms with Crippen molar-refractivity contribution in [1.82, 2.24) is 14.9 Å². The molecule has 0 saturated heterocycles. The number of nitrogens with one attached hydrogen (secondary N) is 2. The first-order chi connectivity index (χ1) is 12.6. The van der Waals surface area contributed by atoms with E-state index in [1.807, 2.05) is 36.4 Å². The monoisotopic (exact) mass is 410 g/mol. The molecule has 6 nitrogen and oxygen atoms in total. The molecule has 0 radical (unpaired) electrons. The van der Waals surface area contributed by atoms with E-state index in [0.717, 1.165) is 11.1 Å². The predicted octanol–water partition coefficient (Wildman–Crippen LogP) is 4.58. The molecule has 3 aromatic rings. The molecule has 1 heterocycles. The molecular weight excluding hydrogens is 395 g/mol. The van der Waals surface area contributed by atoms with Crippen LogP contribution in [0.3, 0.4) is 0 Å². The van der Waals surface area contributed by atoms with E-state index in [4.69, 9.17) is 44.9 Å². The highest BCUT2D eigenvalue weighted by Gasteiger charge is 2.13. The number of aromatic amines is 1. The third-order valence-electron chi connectivity index (χ3n) is 3.57. The number of nitrogens with zero attached hydrogens (tertiary/aromatic N) is 2. The molecule has 26 heavy (non-hydrogen) atoms. The van der Waals surface area contributed by atoms with Gasteiger partial charge in [0, 0.05) is 5.02 Å². The number of rotatable bonds is 7. The molecular formula is C17H16Cl2N4O2S. The highest BCUT2D eigenvalue weighted by molar-refractivity contribution is 7.71. The first-order valence-corrected chi connectivity index (χ1v) is 8.83. The lowest BCUT2D eigenvalue weighted by Gasteiger charge is -2.15. The number of aromatic nitrogens is 3. The van der Waals surface area contributed by atoms with Crippen molar-refractivity contribution in [2.24, 2.45) is 0 Å². The fraction of sp³-hybridized carbons (Fsp3) is 0.176. The van der Waals surface area contributed by atoms with Crippen LogP contribution in [0.1, 0.15) is 11.1 Å². The Hall–Kier alpha value is -2.22. The van der Waals surface area contributed by atoms with Gasteiger partial charge < -0.3 is 14.9 Å². The molecule has 0 bridgehead atoms. The molecule has 0 atom stereocenters. The molecule has 0 amide bonds. The minimum atomic E-state index is 0.332.